The number of nitrogens with two attached hydrogens (primary N) is 1. The van der Waals surface area contributed by atoms with Gasteiger partial charge in [0.1, 0.15) is 5.00 Å². The minimum Gasteiger partial charge on any atom is -0.376 e. The summed E-state index contributed by atoms with van der Waals surface area (Å²) < 4.78 is 43.8. The van der Waals surface area contributed by atoms with Crippen molar-refractivity contribution in [3.63, 3.8) is 0 Å². The summed E-state index contributed by atoms with van der Waals surface area (Å²) in [5.74, 6) is -0.707. The number of benzene rings is 1. The maximum absolute atomic E-state index is 12.8. The van der Waals surface area contributed by atoms with Crippen molar-refractivity contribution in [1.29, 1.82) is 0 Å². The summed E-state index contributed by atoms with van der Waals surface area (Å²) in [6.07, 6.45) is -4.10. The normalized spacial score (nSPS) is 13.8. The number of fused-ring (bicyclic) bond motifs is 1. The van der Waals surface area contributed by atoms with E-state index in [-0.39, 0.29) is 21.3 Å². The molecule has 144 valence electrons. The van der Waals surface area contributed by atoms with Gasteiger partial charge in [-0.3, -0.25) is 10.1 Å². The maximum Gasteiger partial charge on any atom is 0.416 e. The van der Waals surface area contributed by atoms with Crippen LogP contribution < -0.4 is 16.4 Å². The fraction of sp³-hybridized carbons (Fsp3) is 0.250. The van der Waals surface area contributed by atoms with Crippen LogP contribution in [-0.2, 0) is 23.9 Å². The second-order valence-electron chi connectivity index (χ2n) is 5.65. The van der Waals surface area contributed by atoms with Gasteiger partial charge in [0.15, 0.2) is 0 Å². The van der Waals surface area contributed by atoms with Gasteiger partial charge >= 0.3 is 12.2 Å². The molecule has 0 unspecified atom stereocenters. The molecule has 6 nitrogen and oxygen atoms in total. The summed E-state index contributed by atoms with van der Waals surface area (Å²) in [5, 5.41) is 4.86. The Bertz CT molecular complexity index is 914. The Morgan fingerprint density at radius 3 is 2.67 bits per heavy atom. The fourth-order valence-corrected chi connectivity index (χ4v) is 3.99. The second kappa shape index (κ2) is 7.37. The molecule has 0 saturated carbocycles. The number of rotatable bonds is 3. The number of thiophene rings is 1. The van der Waals surface area contributed by atoms with Gasteiger partial charge in [-0.25, -0.2) is 4.79 Å². The summed E-state index contributed by atoms with van der Waals surface area (Å²) >= 11 is 6.99. The van der Waals surface area contributed by atoms with E-state index >= 15 is 0 Å². The van der Waals surface area contributed by atoms with E-state index in [1.165, 1.54) is 0 Å². The lowest BCUT2D eigenvalue weighted by Gasteiger charge is -2.13. The molecule has 1 aromatic carbocycles. The Kier molecular flexibility index (Phi) is 5.31. The lowest BCUT2D eigenvalue weighted by atomic mass is 10.1. The molecule has 0 fully saturated rings. The number of urea groups is 1. The van der Waals surface area contributed by atoms with Gasteiger partial charge in [-0.2, -0.15) is 13.2 Å². The van der Waals surface area contributed by atoms with Gasteiger partial charge in [-0.05, 0) is 30.2 Å². The number of hydrogen-bond acceptors (Lipinski definition) is 4. The smallest absolute Gasteiger partial charge is 0.376 e. The Labute approximate surface area is 160 Å². The Balaban J connectivity index is 1.83. The summed E-state index contributed by atoms with van der Waals surface area (Å²) in [6.45, 7) is 0.721. The van der Waals surface area contributed by atoms with E-state index in [4.69, 9.17) is 22.1 Å². The number of hydrogen-bond donors (Lipinski definition) is 3. The molecular weight excluding hydrogens is 407 g/mol. The quantitative estimate of drug-likeness (QED) is 0.694. The van der Waals surface area contributed by atoms with Crippen molar-refractivity contribution in [1.82, 2.24) is 0 Å². The van der Waals surface area contributed by atoms with Gasteiger partial charge in [0.25, 0.3) is 5.91 Å². The van der Waals surface area contributed by atoms with Crippen LogP contribution in [0.5, 0.6) is 0 Å². The van der Waals surface area contributed by atoms with Crippen LogP contribution in [0.4, 0.5) is 28.7 Å². The molecule has 0 aliphatic carbocycles. The SMILES string of the molecule is NC(=O)c1c(NC(=O)Nc2cc(C(F)(F)F)ccc2Cl)sc2c1CCOC2. The Morgan fingerprint density at radius 2 is 2.00 bits per heavy atom. The van der Waals surface area contributed by atoms with Gasteiger partial charge in [0, 0.05) is 4.88 Å². The molecule has 11 heteroatoms. The van der Waals surface area contributed by atoms with Crippen LogP contribution in [0.3, 0.4) is 0 Å². The average Bonchev–Trinajstić information content (AvgIpc) is 2.93. The molecule has 2 aromatic rings. The Hall–Kier alpha value is -2.30. The predicted molar refractivity (Wildman–Crippen MR) is 95.3 cm³/mol. The van der Waals surface area contributed by atoms with E-state index in [2.05, 4.69) is 10.6 Å². The molecule has 1 aromatic heterocycles. The average molecular weight is 420 g/mol. The van der Waals surface area contributed by atoms with E-state index in [0.717, 1.165) is 34.4 Å². The zero-order valence-electron chi connectivity index (χ0n) is 13.6. The largest absolute Gasteiger partial charge is 0.416 e. The first-order valence-electron chi connectivity index (χ1n) is 7.63. The predicted octanol–water partition coefficient (Wildman–Crippen LogP) is 4.24. The third-order valence-corrected chi connectivity index (χ3v) is 5.29. The van der Waals surface area contributed by atoms with Crippen molar-refractivity contribution in [2.24, 2.45) is 5.73 Å². The topological polar surface area (TPSA) is 93.5 Å². The lowest BCUT2D eigenvalue weighted by Crippen LogP contribution is -2.22. The van der Waals surface area contributed by atoms with Crippen molar-refractivity contribution in [3.8, 4) is 0 Å². The zero-order valence-corrected chi connectivity index (χ0v) is 15.1. The van der Waals surface area contributed by atoms with Crippen LogP contribution in [0.1, 0.15) is 26.4 Å². The van der Waals surface area contributed by atoms with Crippen LogP contribution in [0, 0.1) is 0 Å². The molecule has 4 N–H and O–H groups in total. The number of ether oxygens (including phenoxy) is 1. The fourth-order valence-electron chi connectivity index (χ4n) is 2.64. The van der Waals surface area contributed by atoms with Crippen LogP contribution in [-0.4, -0.2) is 18.5 Å². The highest BCUT2D eigenvalue weighted by Gasteiger charge is 2.31. The third kappa shape index (κ3) is 4.18. The van der Waals surface area contributed by atoms with Gasteiger partial charge < -0.3 is 15.8 Å². The number of carbonyl (C=O) groups is 2. The number of alkyl halides is 3. The van der Waals surface area contributed by atoms with E-state index in [1.54, 1.807) is 0 Å². The monoisotopic (exact) mass is 419 g/mol. The van der Waals surface area contributed by atoms with Gasteiger partial charge in [-0.15, -0.1) is 11.3 Å². The maximum atomic E-state index is 12.8. The highest BCUT2D eigenvalue weighted by atomic mass is 35.5. The van der Waals surface area contributed by atoms with E-state index in [1.807, 2.05) is 0 Å². The van der Waals surface area contributed by atoms with E-state index in [0.29, 0.717) is 25.2 Å². The van der Waals surface area contributed by atoms with Gasteiger partial charge in [-0.1, -0.05) is 11.6 Å². The number of primary amides is 1. The lowest BCUT2D eigenvalue weighted by molar-refractivity contribution is -0.137. The molecule has 0 atom stereocenters. The molecule has 0 radical (unpaired) electrons. The molecule has 0 bridgehead atoms. The first kappa shape index (κ1) is 19.5. The highest BCUT2D eigenvalue weighted by Crippen LogP contribution is 2.37. The number of nitrogens with one attached hydrogen (secondary N) is 2. The third-order valence-electron chi connectivity index (χ3n) is 3.84. The molecule has 1 aliphatic heterocycles. The summed E-state index contributed by atoms with van der Waals surface area (Å²) in [5.41, 5.74) is 5.14. The van der Waals surface area contributed by atoms with Crippen LogP contribution in [0.2, 0.25) is 5.02 Å². The molecule has 0 spiro atoms. The summed E-state index contributed by atoms with van der Waals surface area (Å²) in [6, 6.07) is 1.72. The molecule has 2 heterocycles. The van der Waals surface area contributed by atoms with Crippen molar-refractivity contribution in [2.45, 2.75) is 19.2 Å². The molecule has 27 heavy (non-hydrogen) atoms. The van der Waals surface area contributed by atoms with Crippen LogP contribution in [0.15, 0.2) is 18.2 Å². The number of anilines is 2. The van der Waals surface area contributed by atoms with Crippen LogP contribution >= 0.6 is 22.9 Å². The first-order valence-corrected chi connectivity index (χ1v) is 8.83. The highest BCUT2D eigenvalue weighted by molar-refractivity contribution is 7.17. The second-order valence-corrected chi connectivity index (χ2v) is 7.16. The van der Waals surface area contributed by atoms with Gasteiger partial charge in [0.2, 0.25) is 0 Å². The van der Waals surface area contributed by atoms with Crippen molar-refractivity contribution < 1.29 is 27.5 Å². The molecule has 3 rings (SSSR count). The number of amides is 3. The van der Waals surface area contributed by atoms with E-state index < -0.39 is 23.7 Å². The summed E-state index contributed by atoms with van der Waals surface area (Å²) in [4.78, 5) is 24.8. The standard InChI is InChI=1S/C16H13ClF3N3O3S/c17-9-2-1-7(16(18,19)20)5-10(9)22-15(25)23-14-12(13(21)24)8-3-4-26-6-11(8)27-14/h1-2,5H,3-4,6H2,(H2,21,24)(H2,22,23,25). The Morgan fingerprint density at radius 1 is 1.26 bits per heavy atom. The molecular formula is C16H13ClF3N3O3S. The minimum atomic E-state index is -4.58. The molecule has 0 saturated heterocycles. The zero-order chi connectivity index (χ0) is 19.8. The summed E-state index contributed by atoms with van der Waals surface area (Å²) in [7, 11) is 0. The molecule has 3 amide bonds. The first-order chi connectivity index (χ1) is 12.7. The van der Waals surface area contributed by atoms with Crippen molar-refractivity contribution >= 4 is 45.6 Å². The van der Waals surface area contributed by atoms with E-state index in [9.17, 15) is 22.8 Å². The number of carbonyl (C=O) groups excluding carboxylic acids is 2. The van der Waals surface area contributed by atoms with Crippen molar-refractivity contribution in [3.05, 3.63) is 44.8 Å². The molecule has 1 aliphatic rings. The minimum absolute atomic E-state index is 0.0628. The van der Waals surface area contributed by atoms with Crippen molar-refractivity contribution in [2.75, 3.05) is 17.2 Å². The van der Waals surface area contributed by atoms with Gasteiger partial charge in [0.05, 0.1) is 35.1 Å². The van der Waals surface area contributed by atoms with Crippen LogP contribution in [0.25, 0.3) is 0 Å². The number of halogens is 4.